The molecule has 1 aliphatic rings. The van der Waals surface area contributed by atoms with Crippen LogP contribution in [0.2, 0.25) is 0 Å². The van der Waals surface area contributed by atoms with Gasteiger partial charge in [-0.1, -0.05) is 20.8 Å². The molecule has 6 heteroatoms. The molecule has 2 amide bonds. The van der Waals surface area contributed by atoms with Crippen LogP contribution < -0.4 is 5.32 Å². The second kappa shape index (κ2) is 8.00. The molecule has 1 heterocycles. The van der Waals surface area contributed by atoms with Crippen molar-refractivity contribution in [3.8, 4) is 0 Å². The van der Waals surface area contributed by atoms with E-state index in [0.717, 1.165) is 12.8 Å². The molecule has 0 spiro atoms. The second-order valence-corrected chi connectivity index (χ2v) is 6.23. The van der Waals surface area contributed by atoms with E-state index in [4.69, 9.17) is 5.11 Å². The van der Waals surface area contributed by atoms with Gasteiger partial charge in [-0.15, -0.1) is 0 Å². The van der Waals surface area contributed by atoms with Crippen molar-refractivity contribution in [2.24, 2.45) is 11.8 Å². The monoisotopic (exact) mass is 298 g/mol. The summed E-state index contributed by atoms with van der Waals surface area (Å²) in [6, 6.07) is 0.139. The topological polar surface area (TPSA) is 86.7 Å². The quantitative estimate of drug-likeness (QED) is 0.772. The van der Waals surface area contributed by atoms with Crippen LogP contribution in [0.3, 0.4) is 0 Å². The van der Waals surface area contributed by atoms with Gasteiger partial charge in [0.15, 0.2) is 0 Å². The van der Waals surface area contributed by atoms with Crippen LogP contribution in [0.15, 0.2) is 0 Å². The number of rotatable bonds is 6. The number of carboxylic acids is 1. The molecule has 6 nitrogen and oxygen atoms in total. The third-order valence-electron chi connectivity index (χ3n) is 3.76. The Morgan fingerprint density at radius 2 is 1.71 bits per heavy atom. The molecule has 0 saturated carbocycles. The molecule has 1 unspecified atom stereocenters. The maximum absolute atomic E-state index is 12.1. The van der Waals surface area contributed by atoms with E-state index in [-0.39, 0.29) is 42.5 Å². The third kappa shape index (κ3) is 6.14. The van der Waals surface area contributed by atoms with Crippen LogP contribution in [0, 0.1) is 11.8 Å². The Morgan fingerprint density at radius 3 is 2.19 bits per heavy atom. The first-order valence-corrected chi connectivity index (χ1v) is 7.59. The lowest BCUT2D eigenvalue weighted by Crippen LogP contribution is -2.47. The van der Waals surface area contributed by atoms with E-state index >= 15 is 0 Å². The summed E-state index contributed by atoms with van der Waals surface area (Å²) in [5.74, 6) is -0.979. The lowest BCUT2D eigenvalue weighted by atomic mass is 10.00. The van der Waals surface area contributed by atoms with Gasteiger partial charge in [0.1, 0.15) is 0 Å². The van der Waals surface area contributed by atoms with Gasteiger partial charge in [0, 0.05) is 37.9 Å². The van der Waals surface area contributed by atoms with Gasteiger partial charge in [0.05, 0.1) is 0 Å². The highest BCUT2D eigenvalue weighted by molar-refractivity contribution is 5.79. The first-order chi connectivity index (χ1) is 9.79. The van der Waals surface area contributed by atoms with Crippen LogP contribution >= 0.6 is 0 Å². The average molecular weight is 298 g/mol. The lowest BCUT2D eigenvalue weighted by Gasteiger charge is -2.33. The Morgan fingerprint density at radius 1 is 1.14 bits per heavy atom. The van der Waals surface area contributed by atoms with Crippen LogP contribution in [-0.4, -0.2) is 46.9 Å². The summed E-state index contributed by atoms with van der Waals surface area (Å²) in [6.07, 6.45) is 1.82. The van der Waals surface area contributed by atoms with Crippen molar-refractivity contribution in [1.29, 1.82) is 0 Å². The van der Waals surface area contributed by atoms with E-state index in [2.05, 4.69) is 5.32 Å². The summed E-state index contributed by atoms with van der Waals surface area (Å²) in [7, 11) is 0. The van der Waals surface area contributed by atoms with Crippen LogP contribution in [0.4, 0.5) is 0 Å². The number of carbonyl (C=O) groups is 3. The predicted octanol–water partition coefficient (Wildman–Crippen LogP) is 1.25. The molecule has 0 aromatic carbocycles. The maximum atomic E-state index is 12.1. The molecular weight excluding hydrogens is 272 g/mol. The molecule has 1 saturated heterocycles. The molecule has 0 aromatic rings. The zero-order valence-corrected chi connectivity index (χ0v) is 13.1. The molecule has 1 aliphatic heterocycles. The van der Waals surface area contributed by atoms with Crippen molar-refractivity contribution >= 4 is 17.8 Å². The molecule has 0 aromatic heterocycles. The fourth-order valence-corrected chi connectivity index (χ4v) is 2.44. The standard InChI is InChI=1S/C15H26N2O4/c1-10(2)15(21)16-12-4-6-17(7-5-12)13(18)8-11(3)9-14(19)20/h10-12H,4-9H2,1-3H3,(H,16,21)(H,19,20). The van der Waals surface area contributed by atoms with Gasteiger partial charge in [-0.3, -0.25) is 14.4 Å². The maximum Gasteiger partial charge on any atom is 0.303 e. The van der Waals surface area contributed by atoms with Crippen LogP contribution in [0.25, 0.3) is 0 Å². The van der Waals surface area contributed by atoms with Gasteiger partial charge < -0.3 is 15.3 Å². The molecule has 120 valence electrons. The van der Waals surface area contributed by atoms with Crippen LogP contribution in [0.5, 0.6) is 0 Å². The second-order valence-electron chi connectivity index (χ2n) is 6.23. The molecule has 2 N–H and O–H groups in total. The number of likely N-dealkylation sites (tertiary alicyclic amines) is 1. The number of hydrogen-bond acceptors (Lipinski definition) is 3. The van der Waals surface area contributed by atoms with E-state index in [0.29, 0.717) is 13.1 Å². The molecule has 21 heavy (non-hydrogen) atoms. The van der Waals surface area contributed by atoms with E-state index in [1.54, 1.807) is 11.8 Å². The van der Waals surface area contributed by atoms with Crippen molar-refractivity contribution < 1.29 is 19.5 Å². The zero-order valence-electron chi connectivity index (χ0n) is 13.1. The first kappa shape index (κ1) is 17.5. The number of nitrogens with one attached hydrogen (secondary N) is 1. The van der Waals surface area contributed by atoms with Crippen molar-refractivity contribution in [3.05, 3.63) is 0 Å². The van der Waals surface area contributed by atoms with E-state index in [1.807, 2.05) is 13.8 Å². The van der Waals surface area contributed by atoms with Crippen molar-refractivity contribution in [1.82, 2.24) is 10.2 Å². The van der Waals surface area contributed by atoms with Gasteiger partial charge in [0.25, 0.3) is 0 Å². The summed E-state index contributed by atoms with van der Waals surface area (Å²) < 4.78 is 0. The third-order valence-corrected chi connectivity index (χ3v) is 3.76. The van der Waals surface area contributed by atoms with Crippen LogP contribution in [0.1, 0.15) is 46.5 Å². The number of piperidine rings is 1. The summed E-state index contributed by atoms with van der Waals surface area (Å²) in [4.78, 5) is 36.1. The molecule has 1 atom stereocenters. The van der Waals surface area contributed by atoms with Crippen LogP contribution in [-0.2, 0) is 14.4 Å². The number of hydrogen-bond donors (Lipinski definition) is 2. The normalized spacial score (nSPS) is 17.6. The van der Waals surface area contributed by atoms with E-state index in [1.165, 1.54) is 0 Å². The lowest BCUT2D eigenvalue weighted by molar-refractivity contribution is -0.138. The smallest absolute Gasteiger partial charge is 0.303 e. The van der Waals surface area contributed by atoms with Gasteiger partial charge in [-0.25, -0.2) is 0 Å². The molecule has 1 fully saturated rings. The summed E-state index contributed by atoms with van der Waals surface area (Å²) in [5.41, 5.74) is 0. The van der Waals surface area contributed by atoms with Gasteiger partial charge in [-0.05, 0) is 18.8 Å². The zero-order chi connectivity index (χ0) is 16.0. The summed E-state index contributed by atoms with van der Waals surface area (Å²) in [5, 5.41) is 11.7. The predicted molar refractivity (Wildman–Crippen MR) is 78.6 cm³/mol. The van der Waals surface area contributed by atoms with Gasteiger partial charge in [0.2, 0.25) is 11.8 Å². The molecule has 0 radical (unpaired) electrons. The van der Waals surface area contributed by atoms with Gasteiger partial charge in [-0.2, -0.15) is 0 Å². The highest BCUT2D eigenvalue weighted by Gasteiger charge is 2.25. The molecule has 1 rings (SSSR count). The van der Waals surface area contributed by atoms with Crippen molar-refractivity contribution in [2.45, 2.75) is 52.5 Å². The van der Waals surface area contributed by atoms with E-state index < -0.39 is 5.97 Å². The average Bonchev–Trinajstić information content (AvgIpc) is 2.38. The van der Waals surface area contributed by atoms with Crippen molar-refractivity contribution in [3.63, 3.8) is 0 Å². The highest BCUT2D eigenvalue weighted by atomic mass is 16.4. The number of aliphatic carboxylic acids is 1. The van der Waals surface area contributed by atoms with Gasteiger partial charge >= 0.3 is 5.97 Å². The fraction of sp³-hybridized carbons (Fsp3) is 0.800. The number of carboxylic acid groups (broad SMARTS) is 1. The Labute approximate surface area is 125 Å². The Hall–Kier alpha value is -1.59. The first-order valence-electron chi connectivity index (χ1n) is 7.59. The Bertz CT molecular complexity index is 387. The Kier molecular flexibility index (Phi) is 6.65. The minimum absolute atomic E-state index is 0.0115. The minimum Gasteiger partial charge on any atom is -0.481 e. The molecule has 0 bridgehead atoms. The fourth-order valence-electron chi connectivity index (χ4n) is 2.44. The minimum atomic E-state index is -0.870. The van der Waals surface area contributed by atoms with Crippen molar-refractivity contribution in [2.75, 3.05) is 13.1 Å². The highest BCUT2D eigenvalue weighted by Crippen LogP contribution is 2.15. The SMILES string of the molecule is CC(CC(=O)O)CC(=O)N1CCC(NC(=O)C(C)C)CC1. The largest absolute Gasteiger partial charge is 0.481 e. The molecule has 0 aliphatic carbocycles. The number of amides is 2. The Balaban J connectivity index is 2.33. The van der Waals surface area contributed by atoms with E-state index in [9.17, 15) is 14.4 Å². The summed E-state index contributed by atoms with van der Waals surface area (Å²) in [6.45, 7) is 6.75. The molecular formula is C15H26N2O4. The number of carbonyl (C=O) groups excluding carboxylic acids is 2. The number of nitrogens with zero attached hydrogens (tertiary/aromatic N) is 1. The summed E-state index contributed by atoms with van der Waals surface area (Å²) >= 11 is 0.